The van der Waals surface area contributed by atoms with Crippen LogP contribution >= 0.6 is 12.2 Å². The smallest absolute Gasteiger partial charge is 0.226 e. The molecule has 0 aliphatic heterocycles. The van der Waals surface area contributed by atoms with Crippen molar-refractivity contribution in [3.05, 3.63) is 0 Å². The zero-order chi connectivity index (χ0) is 12.6. The molecule has 0 aromatic heterocycles. The number of sulfone groups is 1. The molecule has 1 fully saturated rings. The summed E-state index contributed by atoms with van der Waals surface area (Å²) in [4.78, 5) is 0.0552. The fourth-order valence-electron chi connectivity index (χ4n) is 1.33. The summed E-state index contributed by atoms with van der Waals surface area (Å²) in [6.07, 6.45) is 2.56. The van der Waals surface area contributed by atoms with Gasteiger partial charge in [0.25, 0.3) is 0 Å². The van der Waals surface area contributed by atoms with Gasteiger partial charge in [-0.05, 0) is 18.8 Å². The minimum atomic E-state index is -3.89. The van der Waals surface area contributed by atoms with E-state index in [1.165, 1.54) is 0 Å². The lowest BCUT2D eigenvalue weighted by Gasteiger charge is -2.16. The Morgan fingerprint density at radius 1 is 1.44 bits per heavy atom. The van der Waals surface area contributed by atoms with Gasteiger partial charge in [0.2, 0.25) is 10.0 Å². The van der Waals surface area contributed by atoms with Gasteiger partial charge in [0.05, 0.1) is 11.0 Å². The number of hydrogen-bond donors (Lipinski definition) is 2. The highest BCUT2D eigenvalue weighted by Gasteiger charge is 2.36. The number of thiocarbonyl (C=S) groups is 1. The number of sulfonamides is 1. The van der Waals surface area contributed by atoms with Crippen LogP contribution in [0.15, 0.2) is 0 Å². The molecule has 1 unspecified atom stereocenters. The third-order valence-corrected chi connectivity index (χ3v) is 5.90. The Hall–Kier alpha value is -0.250. The molecule has 1 atom stereocenters. The Bertz CT molecular complexity index is 478. The van der Waals surface area contributed by atoms with Gasteiger partial charge in [0.1, 0.15) is 0 Å². The van der Waals surface area contributed by atoms with Crippen LogP contribution in [0.2, 0.25) is 0 Å². The van der Waals surface area contributed by atoms with Crippen LogP contribution in [-0.4, -0.2) is 39.2 Å². The predicted octanol–water partition coefficient (Wildman–Crippen LogP) is -1.03. The first-order valence-electron chi connectivity index (χ1n) is 4.58. The lowest BCUT2D eigenvalue weighted by molar-refractivity contribution is 0.566. The van der Waals surface area contributed by atoms with Crippen molar-refractivity contribution in [3.8, 4) is 0 Å². The highest BCUT2D eigenvalue weighted by atomic mass is 32.3. The average Bonchev–Trinajstić information content (AvgIpc) is 2.76. The van der Waals surface area contributed by atoms with E-state index in [9.17, 15) is 16.8 Å². The molecule has 16 heavy (non-hydrogen) atoms. The normalized spacial score (nSPS) is 19.3. The molecule has 0 radical (unpaired) electrons. The van der Waals surface area contributed by atoms with Crippen molar-refractivity contribution in [2.45, 2.75) is 18.9 Å². The van der Waals surface area contributed by atoms with E-state index in [-0.39, 0.29) is 10.9 Å². The summed E-state index contributed by atoms with van der Waals surface area (Å²) in [5.41, 5.74) is 5.40. The van der Waals surface area contributed by atoms with Crippen molar-refractivity contribution in [3.63, 3.8) is 0 Å². The summed E-state index contributed by atoms with van der Waals surface area (Å²) in [5, 5.41) is -0.939. The highest BCUT2D eigenvalue weighted by Crippen LogP contribution is 2.33. The third-order valence-electron chi connectivity index (χ3n) is 2.08. The van der Waals surface area contributed by atoms with Crippen LogP contribution in [0.25, 0.3) is 0 Å². The number of rotatable bonds is 6. The molecule has 6 nitrogen and oxygen atoms in total. The lowest BCUT2D eigenvalue weighted by Crippen LogP contribution is -2.46. The van der Waals surface area contributed by atoms with Crippen molar-refractivity contribution >= 4 is 37.1 Å². The van der Waals surface area contributed by atoms with Crippen LogP contribution in [0.3, 0.4) is 0 Å². The Kier molecular flexibility index (Phi) is 3.93. The molecular formula is C7H14N2O4S3. The lowest BCUT2D eigenvalue weighted by atomic mass is 10.2. The molecule has 0 heterocycles. The van der Waals surface area contributed by atoms with E-state index < -0.39 is 31.0 Å². The second-order valence-corrected chi connectivity index (χ2v) is 8.72. The zero-order valence-corrected chi connectivity index (χ0v) is 11.2. The van der Waals surface area contributed by atoms with Gasteiger partial charge in [-0.3, -0.25) is 0 Å². The Balaban J connectivity index is 2.74. The van der Waals surface area contributed by atoms with Crippen LogP contribution in [0.5, 0.6) is 0 Å². The summed E-state index contributed by atoms with van der Waals surface area (Å²) < 4.78 is 47.0. The van der Waals surface area contributed by atoms with Crippen molar-refractivity contribution in [1.82, 2.24) is 4.72 Å². The maximum Gasteiger partial charge on any atom is 0.226 e. The maximum atomic E-state index is 11.5. The largest absolute Gasteiger partial charge is 0.392 e. The molecular weight excluding hydrogens is 272 g/mol. The minimum Gasteiger partial charge on any atom is -0.392 e. The van der Waals surface area contributed by atoms with E-state index in [0.717, 1.165) is 19.1 Å². The van der Waals surface area contributed by atoms with Crippen LogP contribution in [0.4, 0.5) is 0 Å². The van der Waals surface area contributed by atoms with Crippen LogP contribution < -0.4 is 10.5 Å². The first-order chi connectivity index (χ1) is 7.11. The molecule has 0 bridgehead atoms. The van der Waals surface area contributed by atoms with E-state index in [1.54, 1.807) is 0 Å². The molecule has 0 spiro atoms. The summed E-state index contributed by atoms with van der Waals surface area (Å²) in [5.74, 6) is 0.104. The van der Waals surface area contributed by atoms with Gasteiger partial charge in [0.15, 0.2) is 14.9 Å². The van der Waals surface area contributed by atoms with Crippen molar-refractivity contribution in [1.29, 1.82) is 0 Å². The molecule has 0 saturated heterocycles. The first kappa shape index (κ1) is 13.8. The van der Waals surface area contributed by atoms with Gasteiger partial charge in [0, 0.05) is 6.26 Å². The molecule has 9 heteroatoms. The molecule has 1 saturated carbocycles. The topological polar surface area (TPSA) is 106 Å². The van der Waals surface area contributed by atoms with Gasteiger partial charge in [-0.2, -0.15) is 0 Å². The van der Waals surface area contributed by atoms with Gasteiger partial charge >= 0.3 is 0 Å². The number of hydrogen-bond acceptors (Lipinski definition) is 5. The van der Waals surface area contributed by atoms with Crippen molar-refractivity contribution in [2.24, 2.45) is 11.7 Å². The molecule has 1 rings (SSSR count). The van der Waals surface area contributed by atoms with Crippen molar-refractivity contribution < 1.29 is 16.8 Å². The van der Waals surface area contributed by atoms with E-state index in [2.05, 4.69) is 4.72 Å². The molecule has 1 aliphatic carbocycles. The Morgan fingerprint density at radius 2 is 1.94 bits per heavy atom. The zero-order valence-electron chi connectivity index (χ0n) is 8.71. The van der Waals surface area contributed by atoms with Crippen LogP contribution in [0.1, 0.15) is 12.8 Å². The standard InChI is InChI=1S/C7H14N2O4S3/c1-15(10,11)4-16(12,13)9-6(7(8)14)5-2-3-5/h5-6,9H,2-4H2,1H3,(H2,8,14). The molecule has 0 amide bonds. The van der Waals surface area contributed by atoms with Crippen molar-refractivity contribution in [2.75, 3.05) is 11.3 Å². The highest BCUT2D eigenvalue weighted by molar-refractivity contribution is 8.06. The third kappa shape index (κ3) is 4.73. The molecule has 94 valence electrons. The summed E-state index contributed by atoms with van der Waals surface area (Å²) in [7, 11) is -7.49. The van der Waals surface area contributed by atoms with Gasteiger partial charge in [-0.1, -0.05) is 12.2 Å². The molecule has 0 aromatic rings. The van der Waals surface area contributed by atoms with E-state index in [4.69, 9.17) is 18.0 Å². The summed E-state index contributed by atoms with van der Waals surface area (Å²) >= 11 is 4.74. The first-order valence-corrected chi connectivity index (χ1v) is 8.70. The molecule has 3 N–H and O–H groups in total. The monoisotopic (exact) mass is 286 g/mol. The van der Waals surface area contributed by atoms with E-state index in [0.29, 0.717) is 0 Å². The minimum absolute atomic E-state index is 0.0552. The van der Waals surface area contributed by atoms with Gasteiger partial charge in [-0.15, -0.1) is 0 Å². The fraction of sp³-hybridized carbons (Fsp3) is 0.857. The van der Waals surface area contributed by atoms with E-state index in [1.807, 2.05) is 0 Å². The Labute approximate surface area is 101 Å². The predicted molar refractivity (Wildman–Crippen MR) is 65.1 cm³/mol. The fourth-order valence-corrected chi connectivity index (χ4v) is 4.88. The summed E-state index contributed by atoms with van der Waals surface area (Å²) in [6, 6.07) is -0.623. The second kappa shape index (κ2) is 4.55. The second-order valence-electron chi connectivity index (χ2n) is 3.99. The Morgan fingerprint density at radius 3 is 2.25 bits per heavy atom. The number of nitrogens with two attached hydrogens (primary N) is 1. The SMILES string of the molecule is CS(=O)(=O)CS(=O)(=O)NC(C(N)=S)C1CC1. The quantitative estimate of drug-likeness (QED) is 0.605. The van der Waals surface area contributed by atoms with Crippen LogP contribution in [0, 0.1) is 5.92 Å². The average molecular weight is 286 g/mol. The molecule has 1 aliphatic rings. The van der Waals surface area contributed by atoms with Gasteiger partial charge in [-0.25, -0.2) is 21.6 Å². The van der Waals surface area contributed by atoms with Crippen LogP contribution in [-0.2, 0) is 19.9 Å². The van der Waals surface area contributed by atoms with Gasteiger partial charge < -0.3 is 5.73 Å². The molecule has 0 aromatic carbocycles. The summed E-state index contributed by atoms with van der Waals surface area (Å²) in [6.45, 7) is 0. The number of nitrogens with one attached hydrogen (secondary N) is 1. The maximum absolute atomic E-state index is 11.5. The van der Waals surface area contributed by atoms with E-state index >= 15 is 0 Å².